The van der Waals surface area contributed by atoms with Crippen LogP contribution in [0.1, 0.15) is 0 Å². The third-order valence-corrected chi connectivity index (χ3v) is 16.0. The second-order valence-corrected chi connectivity index (χ2v) is 20.6. The largest absolute Gasteiger partial charge is 0.309 e. The van der Waals surface area contributed by atoms with Crippen LogP contribution < -0.4 is 0 Å². The van der Waals surface area contributed by atoms with E-state index in [1.54, 1.807) is 0 Å². The standard InChI is InChI=1S/C43H28N4.C31H21N3/c1-2-14-29(15-3-1)43-44-37-20-8-13-25-42(37)47(43)32-27-30(45-38-21-9-4-16-33(38)34-17-5-10-22-39(34)45)26-31(28-32)46-40-23-11-6-18-35(40)36-19-7-12-24-41(36)46;1-2-10-23(11-3-1)34-30-17-9-6-14-27(30)32-31(34)22-18-20-24(21-19-22)33-28-15-7-4-12-25(28)26-13-5-8-16-29(26)33/h1-28H;1-21H. The molecule has 0 radical (unpaired) electrons. The zero-order valence-corrected chi connectivity index (χ0v) is 43.9. The van der Waals surface area contributed by atoms with Crippen molar-refractivity contribution in [2.75, 3.05) is 0 Å². The molecular weight excluding hydrogens is 987 g/mol. The van der Waals surface area contributed by atoms with Crippen molar-refractivity contribution in [1.29, 1.82) is 0 Å². The van der Waals surface area contributed by atoms with E-state index < -0.39 is 0 Å². The van der Waals surface area contributed by atoms with Gasteiger partial charge in [-0.25, -0.2) is 9.97 Å². The zero-order chi connectivity index (χ0) is 53.4. The van der Waals surface area contributed by atoms with Crippen LogP contribution in [0.4, 0.5) is 0 Å². The Morgan fingerprint density at radius 2 is 0.444 bits per heavy atom. The maximum atomic E-state index is 5.19. The van der Waals surface area contributed by atoms with Gasteiger partial charge < -0.3 is 13.7 Å². The van der Waals surface area contributed by atoms with Gasteiger partial charge in [-0.2, -0.15) is 0 Å². The molecule has 0 amide bonds. The van der Waals surface area contributed by atoms with Gasteiger partial charge in [-0.15, -0.1) is 0 Å². The molecule has 17 rings (SSSR count). The molecule has 0 bridgehead atoms. The molecule has 0 spiro atoms. The van der Waals surface area contributed by atoms with Crippen LogP contribution >= 0.6 is 0 Å². The number of imidazole rings is 2. The highest BCUT2D eigenvalue weighted by atomic mass is 15.1. The smallest absolute Gasteiger partial charge is 0.145 e. The molecule has 5 heterocycles. The first-order valence-corrected chi connectivity index (χ1v) is 27.5. The van der Waals surface area contributed by atoms with E-state index in [0.717, 1.165) is 73.3 Å². The normalized spacial score (nSPS) is 11.7. The van der Waals surface area contributed by atoms with Gasteiger partial charge in [0.2, 0.25) is 0 Å². The van der Waals surface area contributed by atoms with Gasteiger partial charge in [0.25, 0.3) is 0 Å². The second kappa shape index (κ2) is 18.9. The molecule has 7 nitrogen and oxygen atoms in total. The number of aromatic nitrogens is 7. The molecule has 380 valence electrons. The van der Waals surface area contributed by atoms with Crippen LogP contribution in [0.15, 0.2) is 297 Å². The Balaban J connectivity index is 0.000000141. The number of hydrogen-bond donors (Lipinski definition) is 0. The summed E-state index contributed by atoms with van der Waals surface area (Å²) >= 11 is 0. The molecule has 0 unspecified atom stereocenters. The fourth-order valence-electron chi connectivity index (χ4n) is 12.5. The van der Waals surface area contributed by atoms with Gasteiger partial charge in [0.1, 0.15) is 11.6 Å². The molecule has 0 N–H and O–H groups in total. The summed E-state index contributed by atoms with van der Waals surface area (Å²) in [6.45, 7) is 0. The highest BCUT2D eigenvalue weighted by Gasteiger charge is 2.21. The highest BCUT2D eigenvalue weighted by Crippen LogP contribution is 2.39. The van der Waals surface area contributed by atoms with Gasteiger partial charge in [-0.3, -0.25) is 9.13 Å². The SMILES string of the molecule is c1ccc(-c2nc3ccccc3n2-c2cc(-n3c4ccccc4c4ccccc43)cc(-n3c4ccccc4c4ccccc43)c2)cc1.c1ccc(-n2c(-c3ccc(-n4c5ccccc5c5ccccc54)cc3)nc3ccccc32)cc1. The average Bonchev–Trinajstić information content (AvgIpc) is 4.54. The van der Waals surface area contributed by atoms with Crippen molar-refractivity contribution in [2.24, 2.45) is 0 Å². The summed E-state index contributed by atoms with van der Waals surface area (Å²) in [4.78, 5) is 10.2. The van der Waals surface area contributed by atoms with Crippen LogP contribution in [0.3, 0.4) is 0 Å². The first-order valence-electron chi connectivity index (χ1n) is 27.5. The molecule has 81 heavy (non-hydrogen) atoms. The van der Waals surface area contributed by atoms with Crippen molar-refractivity contribution in [3.63, 3.8) is 0 Å². The Morgan fingerprint density at radius 3 is 0.827 bits per heavy atom. The first kappa shape index (κ1) is 46.1. The third-order valence-electron chi connectivity index (χ3n) is 16.0. The van der Waals surface area contributed by atoms with E-state index in [2.05, 4.69) is 308 Å². The lowest BCUT2D eigenvalue weighted by Crippen LogP contribution is -2.04. The quantitative estimate of drug-likeness (QED) is 0.160. The first-order chi connectivity index (χ1) is 40.2. The van der Waals surface area contributed by atoms with Crippen LogP contribution in [-0.2, 0) is 0 Å². The number of para-hydroxylation sites is 11. The van der Waals surface area contributed by atoms with Crippen molar-refractivity contribution in [1.82, 2.24) is 32.8 Å². The van der Waals surface area contributed by atoms with Gasteiger partial charge in [0.15, 0.2) is 0 Å². The van der Waals surface area contributed by atoms with Crippen molar-refractivity contribution in [2.45, 2.75) is 0 Å². The Labute approximate surface area is 466 Å². The third kappa shape index (κ3) is 7.51. The number of rotatable bonds is 7. The van der Waals surface area contributed by atoms with Gasteiger partial charge in [0, 0.05) is 54.8 Å². The minimum absolute atomic E-state index is 0.916. The molecule has 0 saturated carbocycles. The lowest BCUT2D eigenvalue weighted by Gasteiger charge is -2.17. The monoisotopic (exact) mass is 1040 g/mol. The summed E-state index contributed by atoms with van der Waals surface area (Å²) in [6.07, 6.45) is 0. The van der Waals surface area contributed by atoms with E-state index in [1.807, 2.05) is 12.1 Å². The molecule has 17 aromatic rings. The molecule has 0 fully saturated rings. The summed E-state index contributed by atoms with van der Waals surface area (Å²) in [5.41, 5.74) is 18.9. The molecule has 0 atom stereocenters. The van der Waals surface area contributed by atoms with Crippen molar-refractivity contribution >= 4 is 87.5 Å². The molecule has 0 aliphatic rings. The van der Waals surface area contributed by atoms with Crippen LogP contribution in [0, 0.1) is 0 Å². The minimum Gasteiger partial charge on any atom is -0.309 e. The lowest BCUT2D eigenvalue weighted by molar-refractivity contribution is 1.07. The Hall–Kier alpha value is -11.0. The average molecular weight is 1040 g/mol. The van der Waals surface area contributed by atoms with Crippen molar-refractivity contribution in [3.8, 4) is 51.2 Å². The highest BCUT2D eigenvalue weighted by molar-refractivity contribution is 6.11. The molecule has 7 heteroatoms. The predicted octanol–water partition coefficient (Wildman–Crippen LogP) is 18.7. The Morgan fingerprint density at radius 1 is 0.185 bits per heavy atom. The molecule has 0 aliphatic carbocycles. The van der Waals surface area contributed by atoms with Gasteiger partial charge in [-0.1, -0.05) is 182 Å². The molecule has 0 saturated heterocycles. The van der Waals surface area contributed by atoms with E-state index in [9.17, 15) is 0 Å². The van der Waals surface area contributed by atoms with E-state index in [-0.39, 0.29) is 0 Å². The maximum absolute atomic E-state index is 5.19. The maximum Gasteiger partial charge on any atom is 0.145 e. The number of nitrogens with zero attached hydrogens (tertiary/aromatic N) is 7. The summed E-state index contributed by atoms with van der Waals surface area (Å²) in [6, 6.07) is 105. The van der Waals surface area contributed by atoms with E-state index in [0.29, 0.717) is 0 Å². The summed E-state index contributed by atoms with van der Waals surface area (Å²) in [7, 11) is 0. The van der Waals surface area contributed by atoms with Crippen LogP contribution in [0.25, 0.3) is 139 Å². The molecule has 12 aromatic carbocycles. The summed E-state index contributed by atoms with van der Waals surface area (Å²) in [5, 5.41) is 7.51. The number of fused-ring (bicyclic) bond motifs is 11. The molecular formula is C74H49N7. The summed E-state index contributed by atoms with van der Waals surface area (Å²) in [5.74, 6) is 1.86. The number of hydrogen-bond acceptors (Lipinski definition) is 2. The fourth-order valence-corrected chi connectivity index (χ4v) is 12.5. The summed E-state index contributed by atoms with van der Waals surface area (Å²) < 4.78 is 11.7. The second-order valence-electron chi connectivity index (χ2n) is 20.6. The van der Waals surface area contributed by atoms with Crippen LogP contribution in [-0.4, -0.2) is 32.8 Å². The van der Waals surface area contributed by atoms with Crippen molar-refractivity contribution in [3.05, 3.63) is 297 Å². The molecule has 0 aliphatic heterocycles. The molecule has 5 aromatic heterocycles. The van der Waals surface area contributed by atoms with Gasteiger partial charge in [-0.05, 0) is 115 Å². The van der Waals surface area contributed by atoms with E-state index in [1.165, 1.54) is 65.4 Å². The van der Waals surface area contributed by atoms with E-state index >= 15 is 0 Å². The Bertz CT molecular complexity index is 4940. The van der Waals surface area contributed by atoms with Crippen LogP contribution in [0.5, 0.6) is 0 Å². The van der Waals surface area contributed by atoms with E-state index in [4.69, 9.17) is 9.97 Å². The minimum atomic E-state index is 0.916. The van der Waals surface area contributed by atoms with Gasteiger partial charge in [0.05, 0.1) is 72.2 Å². The van der Waals surface area contributed by atoms with Gasteiger partial charge >= 0.3 is 0 Å². The predicted molar refractivity (Wildman–Crippen MR) is 336 cm³/mol. The fraction of sp³-hybridized carbons (Fsp3) is 0. The number of benzene rings is 12. The zero-order valence-electron chi connectivity index (χ0n) is 43.9. The lowest BCUT2D eigenvalue weighted by atomic mass is 10.1. The topological polar surface area (TPSA) is 50.4 Å². The van der Waals surface area contributed by atoms with Crippen molar-refractivity contribution < 1.29 is 0 Å². The van der Waals surface area contributed by atoms with Crippen LogP contribution in [0.2, 0.25) is 0 Å². The Kier molecular flexibility index (Phi) is 10.7.